The van der Waals surface area contributed by atoms with Crippen LogP contribution in [-0.2, 0) is 20.7 Å². The summed E-state index contributed by atoms with van der Waals surface area (Å²) in [4.78, 5) is 26.1. The van der Waals surface area contributed by atoms with Crippen LogP contribution in [0.3, 0.4) is 0 Å². The summed E-state index contributed by atoms with van der Waals surface area (Å²) in [5.41, 5.74) is 2.37. The molecule has 0 aliphatic rings. The summed E-state index contributed by atoms with van der Waals surface area (Å²) in [7, 11) is 0. The van der Waals surface area contributed by atoms with Crippen molar-refractivity contribution in [2.24, 2.45) is 0 Å². The Labute approximate surface area is 158 Å². The number of furan rings is 1. The highest BCUT2D eigenvalue weighted by Crippen LogP contribution is 2.30. The molecule has 5 nitrogen and oxygen atoms in total. The number of carbonyl (C=O) groups excluding carboxylic acids is 2. The minimum absolute atomic E-state index is 0.0564. The minimum atomic E-state index is -0.453. The number of likely N-dealkylation sites (N-methyl/N-ethyl adjacent to an activating group) is 1. The van der Waals surface area contributed by atoms with Gasteiger partial charge in [0.25, 0.3) is 5.91 Å². The molecule has 3 aromatic rings. The maximum Gasteiger partial charge on any atom is 0.310 e. The molecule has 1 aromatic heterocycles. The summed E-state index contributed by atoms with van der Waals surface area (Å²) in [6, 6.07) is 11.8. The minimum Gasteiger partial charge on any atom is -0.464 e. The predicted octanol–water partition coefficient (Wildman–Crippen LogP) is 4.10. The second kappa shape index (κ2) is 8.08. The highest BCUT2D eigenvalue weighted by molar-refractivity contribution is 6.08. The summed E-state index contributed by atoms with van der Waals surface area (Å²) < 4.78 is 10.8. The Bertz CT molecular complexity index is 1000. The van der Waals surface area contributed by atoms with Gasteiger partial charge in [-0.3, -0.25) is 9.59 Å². The fraction of sp³-hybridized carbons (Fsp3) is 0.273. The lowest BCUT2D eigenvalue weighted by molar-refractivity contribution is -0.151. The third-order valence-electron chi connectivity index (χ3n) is 4.43. The van der Waals surface area contributed by atoms with Crippen molar-refractivity contribution in [1.82, 2.24) is 4.90 Å². The van der Waals surface area contributed by atoms with E-state index in [0.29, 0.717) is 13.1 Å². The highest BCUT2D eigenvalue weighted by Gasteiger charge is 2.17. The van der Waals surface area contributed by atoms with Crippen LogP contribution in [0.15, 0.2) is 59.2 Å². The zero-order valence-corrected chi connectivity index (χ0v) is 15.7. The number of rotatable bonds is 7. The van der Waals surface area contributed by atoms with Gasteiger partial charge in [-0.05, 0) is 30.7 Å². The van der Waals surface area contributed by atoms with Crippen LogP contribution in [0, 0.1) is 0 Å². The van der Waals surface area contributed by atoms with E-state index >= 15 is 0 Å². The molecule has 27 heavy (non-hydrogen) atoms. The van der Waals surface area contributed by atoms with Crippen molar-refractivity contribution in [3.63, 3.8) is 0 Å². The third kappa shape index (κ3) is 4.19. The van der Waals surface area contributed by atoms with Crippen LogP contribution in [0.4, 0.5) is 0 Å². The van der Waals surface area contributed by atoms with Gasteiger partial charge in [-0.25, -0.2) is 0 Å². The summed E-state index contributed by atoms with van der Waals surface area (Å²) in [6.45, 7) is 8.29. The molecule has 0 saturated carbocycles. The lowest BCUT2D eigenvalue weighted by Gasteiger charge is -2.20. The van der Waals surface area contributed by atoms with Gasteiger partial charge in [0.05, 0.1) is 12.7 Å². The van der Waals surface area contributed by atoms with Gasteiger partial charge < -0.3 is 14.1 Å². The first-order valence-electron chi connectivity index (χ1n) is 8.95. The molecule has 2 aromatic carbocycles. The number of hydrogen-bond acceptors (Lipinski definition) is 4. The standard InChI is InChI=1S/C22H23NO4/c1-4-23(12-15(2)3)20(24)14-27-21(25)11-17-13-26-19-10-9-16-7-5-6-8-18(16)22(17)19/h5-10,13H,2,4,11-12,14H2,1,3H3. The fourth-order valence-electron chi connectivity index (χ4n) is 3.15. The van der Waals surface area contributed by atoms with E-state index in [0.717, 1.165) is 32.9 Å². The Morgan fingerprint density at radius 3 is 2.70 bits per heavy atom. The van der Waals surface area contributed by atoms with Crippen molar-refractivity contribution in [2.75, 3.05) is 19.7 Å². The Morgan fingerprint density at radius 1 is 1.19 bits per heavy atom. The first-order valence-corrected chi connectivity index (χ1v) is 8.95. The molecule has 0 radical (unpaired) electrons. The molecule has 0 bridgehead atoms. The monoisotopic (exact) mass is 365 g/mol. The zero-order chi connectivity index (χ0) is 19.4. The number of amides is 1. The molecule has 0 aliphatic carbocycles. The number of esters is 1. The topological polar surface area (TPSA) is 59.8 Å². The summed E-state index contributed by atoms with van der Waals surface area (Å²) >= 11 is 0. The molecule has 0 unspecified atom stereocenters. The second-order valence-corrected chi connectivity index (χ2v) is 6.62. The van der Waals surface area contributed by atoms with Crippen LogP contribution in [0.25, 0.3) is 21.7 Å². The van der Waals surface area contributed by atoms with Gasteiger partial charge >= 0.3 is 5.97 Å². The van der Waals surface area contributed by atoms with Crippen molar-refractivity contribution in [1.29, 1.82) is 0 Å². The van der Waals surface area contributed by atoms with E-state index < -0.39 is 5.97 Å². The van der Waals surface area contributed by atoms with E-state index in [9.17, 15) is 9.59 Å². The summed E-state index contributed by atoms with van der Waals surface area (Å²) in [5, 5.41) is 3.02. The number of hydrogen-bond donors (Lipinski definition) is 0. The number of fused-ring (bicyclic) bond motifs is 3. The van der Waals surface area contributed by atoms with Crippen LogP contribution in [0.1, 0.15) is 19.4 Å². The Hall–Kier alpha value is -3.08. The largest absolute Gasteiger partial charge is 0.464 e. The first-order chi connectivity index (χ1) is 13.0. The molecule has 0 N–H and O–H groups in total. The lowest BCUT2D eigenvalue weighted by atomic mass is 10.0. The Balaban J connectivity index is 1.70. The zero-order valence-electron chi connectivity index (χ0n) is 15.7. The average molecular weight is 365 g/mol. The summed E-state index contributed by atoms with van der Waals surface area (Å²) in [6.07, 6.45) is 1.64. The van der Waals surface area contributed by atoms with Crippen LogP contribution < -0.4 is 0 Å². The van der Waals surface area contributed by atoms with Gasteiger partial charge in [0, 0.05) is 24.0 Å². The maximum absolute atomic E-state index is 12.3. The van der Waals surface area contributed by atoms with Gasteiger partial charge in [0.2, 0.25) is 0 Å². The van der Waals surface area contributed by atoms with Crippen molar-refractivity contribution < 1.29 is 18.7 Å². The quantitative estimate of drug-likeness (QED) is 0.467. The Morgan fingerprint density at radius 2 is 1.96 bits per heavy atom. The molecule has 0 atom stereocenters. The molecule has 0 aliphatic heterocycles. The Kier molecular flexibility index (Phi) is 5.60. The van der Waals surface area contributed by atoms with Crippen molar-refractivity contribution in [3.05, 3.63) is 60.4 Å². The molecule has 1 amide bonds. The van der Waals surface area contributed by atoms with Crippen molar-refractivity contribution in [3.8, 4) is 0 Å². The molecule has 0 spiro atoms. The molecular weight excluding hydrogens is 342 g/mol. The number of carbonyl (C=O) groups is 2. The van der Waals surface area contributed by atoms with Gasteiger partial charge in [-0.2, -0.15) is 0 Å². The van der Waals surface area contributed by atoms with Gasteiger partial charge in [0.1, 0.15) is 5.58 Å². The second-order valence-electron chi connectivity index (χ2n) is 6.62. The van der Waals surface area contributed by atoms with Crippen LogP contribution in [0.5, 0.6) is 0 Å². The molecule has 1 heterocycles. The first kappa shape index (κ1) is 18.7. The van der Waals surface area contributed by atoms with E-state index in [1.54, 1.807) is 11.2 Å². The molecular formula is C22H23NO4. The van der Waals surface area contributed by atoms with E-state index in [1.807, 2.05) is 50.2 Å². The number of ether oxygens (including phenoxy) is 1. The molecule has 0 fully saturated rings. The molecule has 3 rings (SSSR count). The van der Waals surface area contributed by atoms with E-state index in [1.165, 1.54) is 0 Å². The predicted molar refractivity (Wildman–Crippen MR) is 105 cm³/mol. The molecule has 5 heteroatoms. The van der Waals surface area contributed by atoms with E-state index in [-0.39, 0.29) is 18.9 Å². The normalized spacial score (nSPS) is 10.9. The number of benzene rings is 2. The van der Waals surface area contributed by atoms with Crippen LogP contribution in [-0.4, -0.2) is 36.5 Å². The third-order valence-corrected chi connectivity index (χ3v) is 4.43. The lowest BCUT2D eigenvalue weighted by Crippen LogP contribution is -2.35. The molecule has 140 valence electrons. The maximum atomic E-state index is 12.3. The summed E-state index contributed by atoms with van der Waals surface area (Å²) in [5.74, 6) is -0.679. The van der Waals surface area contributed by atoms with Gasteiger partial charge in [0.15, 0.2) is 6.61 Å². The number of nitrogens with zero attached hydrogens (tertiary/aromatic N) is 1. The SMILES string of the molecule is C=C(C)CN(CC)C(=O)COC(=O)Cc1coc2ccc3ccccc3c12. The average Bonchev–Trinajstić information content (AvgIpc) is 3.07. The van der Waals surface area contributed by atoms with Gasteiger partial charge in [-0.15, -0.1) is 0 Å². The highest BCUT2D eigenvalue weighted by atomic mass is 16.5. The fourth-order valence-corrected chi connectivity index (χ4v) is 3.15. The van der Waals surface area contributed by atoms with Crippen LogP contribution >= 0.6 is 0 Å². The smallest absolute Gasteiger partial charge is 0.310 e. The van der Waals surface area contributed by atoms with Crippen molar-refractivity contribution in [2.45, 2.75) is 20.3 Å². The van der Waals surface area contributed by atoms with E-state index in [4.69, 9.17) is 9.15 Å². The van der Waals surface area contributed by atoms with E-state index in [2.05, 4.69) is 6.58 Å². The van der Waals surface area contributed by atoms with Crippen LogP contribution in [0.2, 0.25) is 0 Å². The van der Waals surface area contributed by atoms with Crippen molar-refractivity contribution >= 4 is 33.6 Å². The molecule has 0 saturated heterocycles. The van der Waals surface area contributed by atoms with Gasteiger partial charge in [-0.1, -0.05) is 42.5 Å².